The Hall–Kier alpha value is -5.91. The van der Waals surface area contributed by atoms with Gasteiger partial charge in [0.25, 0.3) is 0 Å². The minimum absolute atomic E-state index is 0.0128. The fourth-order valence-electron chi connectivity index (χ4n) is 5.88. The molecule has 19 nitrogen and oxygen atoms in total. The second-order valence-corrected chi connectivity index (χ2v) is 17.6. The number of aromatic nitrogens is 1. The van der Waals surface area contributed by atoms with Gasteiger partial charge in [-0.3, -0.25) is 14.6 Å². The van der Waals surface area contributed by atoms with Crippen LogP contribution in [0.25, 0.3) is 10.9 Å². The Balaban J connectivity index is 0.000000996. The number of pyridine rings is 1. The van der Waals surface area contributed by atoms with Gasteiger partial charge in [-0.15, -0.1) is 0 Å². The summed E-state index contributed by atoms with van der Waals surface area (Å²) in [4.78, 5) is 64.9. The molecule has 4 rings (SSSR count). The first-order valence-electron chi connectivity index (χ1n) is 20.2. The molecule has 2 aromatic carbocycles. The van der Waals surface area contributed by atoms with E-state index in [2.05, 4.69) is 14.7 Å². The zero-order valence-electron chi connectivity index (χ0n) is 37.8. The SMILES string of the molecule is CC[C@](C)(NS(=O)(=O)c1ccc(Cl)c(COc2cccc3c(C)cc(C)nc23)c1Cl)C(=O)N1CCN(C(=O)C[C@@H](N)CCCN=C(N)N)CC1.O=C(O)C(F)(F)F.O=C(O)C(F)(F)F.O=C(O)C(F)(F)F. The van der Waals surface area contributed by atoms with Gasteiger partial charge >= 0.3 is 36.4 Å². The number of aliphatic imine (C=N–C) groups is 1. The van der Waals surface area contributed by atoms with Crippen molar-refractivity contribution < 1.29 is 92.0 Å². The second kappa shape index (κ2) is 26.5. The Morgan fingerprint density at radius 1 is 0.859 bits per heavy atom. The van der Waals surface area contributed by atoms with E-state index in [0.29, 0.717) is 43.7 Å². The van der Waals surface area contributed by atoms with Gasteiger partial charge in [0.05, 0.1) is 5.02 Å². The van der Waals surface area contributed by atoms with Crippen molar-refractivity contribution in [3.05, 3.63) is 63.3 Å². The van der Waals surface area contributed by atoms with Crippen molar-refractivity contribution >= 4 is 79.8 Å². The number of benzene rings is 2. The molecule has 398 valence electrons. The average molecular weight is 1090 g/mol. The lowest BCUT2D eigenvalue weighted by Crippen LogP contribution is -2.61. The van der Waals surface area contributed by atoms with E-state index in [4.69, 9.17) is 74.8 Å². The van der Waals surface area contributed by atoms with Crippen LogP contribution in [0.15, 0.2) is 46.3 Å². The predicted octanol–water partition coefficient (Wildman–Crippen LogP) is 5.53. The van der Waals surface area contributed by atoms with Crippen molar-refractivity contribution in [2.45, 2.75) is 95.0 Å². The van der Waals surface area contributed by atoms with Gasteiger partial charge in [-0.25, -0.2) is 27.8 Å². The van der Waals surface area contributed by atoms with Crippen LogP contribution in [0.3, 0.4) is 0 Å². The fourth-order valence-corrected chi connectivity index (χ4v) is 8.21. The van der Waals surface area contributed by atoms with Crippen LogP contribution in [0.1, 0.15) is 56.4 Å². The summed E-state index contributed by atoms with van der Waals surface area (Å²) >= 11 is 13.2. The fraction of sp³-hybridized carbons (Fsp3) is 0.475. The number of nitrogens with one attached hydrogen (secondary N) is 1. The van der Waals surface area contributed by atoms with E-state index < -0.39 is 57.9 Å². The Labute approximate surface area is 409 Å². The number of piperazine rings is 1. The zero-order chi connectivity index (χ0) is 55.0. The molecule has 2 atom stereocenters. The minimum atomic E-state index is -5.08. The summed E-state index contributed by atoms with van der Waals surface area (Å²) < 4.78 is 132. The Morgan fingerprint density at radius 2 is 1.35 bits per heavy atom. The lowest BCUT2D eigenvalue weighted by atomic mass is 9.98. The number of carbonyl (C=O) groups is 5. The van der Waals surface area contributed by atoms with Crippen LogP contribution in [-0.4, -0.2) is 137 Å². The Morgan fingerprint density at radius 3 is 1.82 bits per heavy atom. The summed E-state index contributed by atoms with van der Waals surface area (Å²) in [5.74, 6) is -8.27. The number of fused-ring (bicyclic) bond motifs is 1. The summed E-state index contributed by atoms with van der Waals surface area (Å²) in [6, 6.07) is 9.97. The number of carbonyl (C=O) groups excluding carboxylic acids is 2. The highest BCUT2D eigenvalue weighted by Gasteiger charge is 2.42. The highest BCUT2D eigenvalue weighted by Crippen LogP contribution is 2.35. The molecule has 2 amide bonds. The molecule has 0 spiro atoms. The number of nitrogens with zero attached hydrogens (tertiary/aromatic N) is 4. The summed E-state index contributed by atoms with van der Waals surface area (Å²) in [5.41, 5.74) is 18.1. The third-order valence-electron chi connectivity index (χ3n) is 9.60. The summed E-state index contributed by atoms with van der Waals surface area (Å²) in [7, 11) is -4.32. The van der Waals surface area contributed by atoms with Crippen LogP contribution >= 0.6 is 23.2 Å². The van der Waals surface area contributed by atoms with Crippen LogP contribution in [0.5, 0.6) is 5.75 Å². The molecule has 1 aliphatic rings. The number of amides is 2. The number of hydrogen-bond donors (Lipinski definition) is 7. The lowest BCUT2D eigenvalue weighted by Gasteiger charge is -2.40. The number of rotatable bonds is 14. The lowest BCUT2D eigenvalue weighted by molar-refractivity contribution is -0.193. The number of guanidine groups is 1. The number of hydrogen-bond acceptors (Lipinski definition) is 11. The van der Waals surface area contributed by atoms with Gasteiger partial charge < -0.3 is 47.1 Å². The highest BCUT2D eigenvalue weighted by atomic mass is 35.5. The summed E-state index contributed by atoms with van der Waals surface area (Å²) in [5, 5.41) is 22.4. The molecular weight excluding hydrogens is 1040 g/mol. The molecule has 71 heavy (non-hydrogen) atoms. The van der Waals surface area contributed by atoms with E-state index in [1.807, 2.05) is 32.0 Å². The second-order valence-electron chi connectivity index (χ2n) is 15.1. The maximum absolute atomic E-state index is 13.8. The number of carboxylic acids is 3. The first kappa shape index (κ1) is 63.1. The Bertz CT molecular complexity index is 2450. The molecule has 1 fully saturated rings. The first-order chi connectivity index (χ1) is 32.4. The number of alkyl halides is 9. The number of ether oxygens (including phenoxy) is 1. The quantitative estimate of drug-likeness (QED) is 0.0452. The van der Waals surface area contributed by atoms with Gasteiger partial charge in [0.2, 0.25) is 21.8 Å². The molecule has 0 saturated carbocycles. The predicted molar refractivity (Wildman–Crippen MR) is 238 cm³/mol. The molecule has 3 aromatic rings. The molecule has 0 bridgehead atoms. The van der Waals surface area contributed by atoms with Crippen LogP contribution in [-0.2, 0) is 40.6 Å². The third kappa shape index (κ3) is 20.4. The van der Waals surface area contributed by atoms with Gasteiger partial charge in [-0.1, -0.05) is 42.3 Å². The smallest absolute Gasteiger partial charge is 0.487 e. The average Bonchev–Trinajstić information content (AvgIpc) is 3.24. The highest BCUT2D eigenvalue weighted by molar-refractivity contribution is 7.89. The number of aryl methyl sites for hydroxylation is 2. The molecule has 0 aliphatic carbocycles. The maximum atomic E-state index is 13.8. The molecule has 2 heterocycles. The minimum Gasteiger partial charge on any atom is -0.487 e. The van der Waals surface area contributed by atoms with Gasteiger partial charge in [-0.2, -0.15) is 44.2 Å². The van der Waals surface area contributed by atoms with Gasteiger partial charge in [0.1, 0.15) is 28.3 Å². The van der Waals surface area contributed by atoms with Gasteiger partial charge in [0, 0.05) is 66.9 Å². The van der Waals surface area contributed by atoms with Crippen LogP contribution in [0.2, 0.25) is 10.0 Å². The largest absolute Gasteiger partial charge is 0.490 e. The van der Waals surface area contributed by atoms with E-state index in [-0.39, 0.29) is 71.0 Å². The number of nitrogens with two attached hydrogens (primary N) is 3. The van der Waals surface area contributed by atoms with E-state index >= 15 is 0 Å². The summed E-state index contributed by atoms with van der Waals surface area (Å²) in [6.45, 7) is 8.56. The standard InChI is InChI=1S/C34H46Cl2N8O5S.3C2HF3O2/c1-5-34(4,32(46)44-16-14-43(15-17-44)29(45)19-23(37)8-7-13-40-33(38)39)42-50(47,48)28-12-11-26(35)25(30(28)36)20-49-27-10-6-9-24-21(2)18-22(3)41-31(24)27;3*3-2(4,5)1(6)7/h6,9-12,18,23,42H,5,7-8,13-17,19-20,37H2,1-4H3,(H4,38,39,40);3*(H,6,7)/t23-,34-;;;/m0.../s1. The van der Waals surface area contributed by atoms with Crippen LogP contribution < -0.4 is 26.7 Å². The number of sulfonamides is 1. The van der Waals surface area contributed by atoms with Crippen molar-refractivity contribution in [3.8, 4) is 5.75 Å². The van der Waals surface area contributed by atoms with Crippen molar-refractivity contribution in [1.82, 2.24) is 19.5 Å². The monoisotopic (exact) mass is 1090 g/mol. The van der Waals surface area contributed by atoms with E-state index in [1.54, 1.807) is 22.8 Å². The topological polar surface area (TPSA) is 311 Å². The van der Waals surface area contributed by atoms with E-state index in [1.165, 1.54) is 19.1 Å². The van der Waals surface area contributed by atoms with E-state index in [0.717, 1.165) is 16.6 Å². The Kier molecular flexibility index (Phi) is 23.6. The summed E-state index contributed by atoms with van der Waals surface area (Å²) in [6.07, 6.45) is -13.7. The molecule has 31 heteroatoms. The van der Waals surface area contributed by atoms with Crippen molar-refractivity contribution in [2.75, 3.05) is 32.7 Å². The number of aliphatic carboxylic acids is 3. The molecule has 1 aromatic heterocycles. The van der Waals surface area contributed by atoms with Gasteiger partial charge in [0.15, 0.2) is 5.96 Å². The molecule has 10 N–H and O–H groups in total. The molecule has 0 radical (unpaired) electrons. The van der Waals surface area contributed by atoms with Crippen molar-refractivity contribution in [2.24, 2.45) is 22.2 Å². The number of halogens is 11. The third-order valence-corrected chi connectivity index (χ3v) is 12.1. The molecule has 0 unspecified atom stereocenters. The van der Waals surface area contributed by atoms with E-state index in [9.17, 15) is 57.5 Å². The van der Waals surface area contributed by atoms with Crippen LogP contribution in [0, 0.1) is 13.8 Å². The molecule has 1 aliphatic heterocycles. The zero-order valence-corrected chi connectivity index (χ0v) is 40.1. The molecular formula is C40H49Cl2F9N8O11S. The van der Waals surface area contributed by atoms with Crippen molar-refractivity contribution in [3.63, 3.8) is 0 Å². The number of carboxylic acid groups (broad SMARTS) is 3. The normalized spacial score (nSPS) is 14.2. The first-order valence-corrected chi connectivity index (χ1v) is 22.4. The maximum Gasteiger partial charge on any atom is 0.490 e. The number of para-hydroxylation sites is 1. The van der Waals surface area contributed by atoms with Gasteiger partial charge in [-0.05, 0) is 69.9 Å². The molecule has 1 saturated heterocycles. The van der Waals surface area contributed by atoms with Crippen LogP contribution in [0.4, 0.5) is 39.5 Å². The van der Waals surface area contributed by atoms with Crippen molar-refractivity contribution in [1.29, 1.82) is 0 Å².